The predicted octanol–water partition coefficient (Wildman–Crippen LogP) is 5.01. The maximum atomic E-state index is 12.8. The molecular formula is C21H22N2O3S2. The summed E-state index contributed by atoms with van der Waals surface area (Å²) < 4.78 is 5.23. The minimum absolute atomic E-state index is 0.110. The van der Waals surface area contributed by atoms with Gasteiger partial charge in [-0.3, -0.25) is 4.79 Å². The fourth-order valence-corrected chi connectivity index (χ4v) is 5.77. The Morgan fingerprint density at radius 1 is 1.32 bits per heavy atom. The Labute approximate surface area is 171 Å². The van der Waals surface area contributed by atoms with Gasteiger partial charge in [0.2, 0.25) is 5.91 Å². The van der Waals surface area contributed by atoms with Crippen molar-refractivity contribution in [1.29, 1.82) is 0 Å². The van der Waals surface area contributed by atoms with E-state index in [4.69, 9.17) is 4.74 Å². The van der Waals surface area contributed by atoms with Crippen molar-refractivity contribution in [1.82, 2.24) is 4.98 Å². The van der Waals surface area contributed by atoms with E-state index in [2.05, 4.69) is 10.3 Å². The number of aromatic amines is 1. The number of nitrogens with one attached hydrogen (secondary N) is 2. The quantitative estimate of drug-likeness (QED) is 0.439. The number of ether oxygens (including phenoxy) is 1. The molecule has 2 aromatic heterocycles. The lowest BCUT2D eigenvalue weighted by Gasteiger charge is -2.12. The van der Waals surface area contributed by atoms with Crippen molar-refractivity contribution in [3.8, 4) is 0 Å². The molecule has 0 bridgehead atoms. The number of para-hydroxylation sites is 1. The number of amides is 1. The number of anilines is 1. The van der Waals surface area contributed by atoms with Gasteiger partial charge in [0.25, 0.3) is 0 Å². The topological polar surface area (TPSA) is 71.2 Å². The van der Waals surface area contributed by atoms with Crippen LogP contribution in [0, 0.1) is 0 Å². The van der Waals surface area contributed by atoms with Crippen molar-refractivity contribution in [2.45, 2.75) is 43.3 Å². The molecule has 0 unspecified atom stereocenters. The number of H-pyrrole nitrogens is 1. The molecule has 7 heteroatoms. The molecule has 4 rings (SSSR count). The van der Waals surface area contributed by atoms with E-state index in [1.54, 1.807) is 6.92 Å². The van der Waals surface area contributed by atoms with Crippen LogP contribution in [0.4, 0.5) is 5.00 Å². The molecule has 0 saturated carbocycles. The first kappa shape index (κ1) is 19.1. The van der Waals surface area contributed by atoms with E-state index in [9.17, 15) is 9.59 Å². The number of thioether (sulfide) groups is 1. The van der Waals surface area contributed by atoms with E-state index < -0.39 is 0 Å². The molecule has 1 atom stereocenters. The van der Waals surface area contributed by atoms with Crippen LogP contribution in [-0.2, 0) is 22.4 Å². The number of esters is 1. The summed E-state index contributed by atoms with van der Waals surface area (Å²) in [5.41, 5.74) is 2.66. The molecule has 1 amide bonds. The summed E-state index contributed by atoms with van der Waals surface area (Å²) >= 11 is 3.02. The van der Waals surface area contributed by atoms with Gasteiger partial charge in [0.1, 0.15) is 5.00 Å². The smallest absolute Gasteiger partial charge is 0.341 e. The lowest BCUT2D eigenvalue weighted by atomic mass is 10.1. The Bertz CT molecular complexity index is 1040. The molecule has 28 heavy (non-hydrogen) atoms. The molecule has 2 N–H and O–H groups in total. The van der Waals surface area contributed by atoms with Crippen molar-refractivity contribution >= 4 is 50.9 Å². The number of aromatic nitrogens is 1. The molecule has 0 aliphatic heterocycles. The molecule has 3 aromatic rings. The largest absolute Gasteiger partial charge is 0.462 e. The molecule has 146 valence electrons. The number of benzene rings is 1. The lowest BCUT2D eigenvalue weighted by Crippen LogP contribution is -2.23. The summed E-state index contributed by atoms with van der Waals surface area (Å²) in [6.07, 6.45) is 4.81. The zero-order chi connectivity index (χ0) is 19.7. The van der Waals surface area contributed by atoms with Gasteiger partial charge in [-0.25, -0.2) is 4.79 Å². The van der Waals surface area contributed by atoms with E-state index in [-0.39, 0.29) is 17.1 Å². The number of rotatable bonds is 6. The molecule has 1 aliphatic rings. The van der Waals surface area contributed by atoms with Crippen LogP contribution in [-0.4, -0.2) is 28.7 Å². The number of fused-ring (bicyclic) bond motifs is 2. The third-order valence-electron chi connectivity index (χ3n) is 4.86. The van der Waals surface area contributed by atoms with Gasteiger partial charge < -0.3 is 15.0 Å². The highest BCUT2D eigenvalue weighted by atomic mass is 32.2. The second-order valence-corrected chi connectivity index (χ2v) is 9.22. The zero-order valence-corrected chi connectivity index (χ0v) is 17.5. The van der Waals surface area contributed by atoms with Crippen LogP contribution in [0.2, 0.25) is 0 Å². The molecule has 5 nitrogen and oxygen atoms in total. The minimum atomic E-state index is -0.339. The van der Waals surface area contributed by atoms with Gasteiger partial charge in [0.15, 0.2) is 0 Å². The first-order chi connectivity index (χ1) is 13.6. The molecule has 0 spiro atoms. The Hall–Kier alpha value is -2.25. The first-order valence-corrected chi connectivity index (χ1v) is 11.1. The lowest BCUT2D eigenvalue weighted by molar-refractivity contribution is -0.115. The molecule has 0 saturated heterocycles. The SMILES string of the molecule is CCOC(=O)c1c(NC(=O)[C@H](C)Sc2c[nH]c3ccccc23)sc2c1CCC2. The average molecular weight is 415 g/mol. The molecule has 1 aliphatic carbocycles. The third-order valence-corrected chi connectivity index (χ3v) is 7.23. The maximum absolute atomic E-state index is 12.8. The molecular weight excluding hydrogens is 392 g/mol. The van der Waals surface area contributed by atoms with Crippen molar-refractivity contribution in [2.75, 3.05) is 11.9 Å². The summed E-state index contributed by atoms with van der Waals surface area (Å²) in [5.74, 6) is -0.449. The van der Waals surface area contributed by atoms with Crippen LogP contribution in [0.1, 0.15) is 41.1 Å². The van der Waals surface area contributed by atoms with E-state index in [1.165, 1.54) is 28.0 Å². The molecule has 0 fully saturated rings. The van der Waals surface area contributed by atoms with Crippen LogP contribution in [0.25, 0.3) is 10.9 Å². The molecule has 1 aromatic carbocycles. The molecule has 0 radical (unpaired) electrons. The van der Waals surface area contributed by atoms with Crippen molar-refractivity contribution < 1.29 is 14.3 Å². The second kappa shape index (κ2) is 8.01. The van der Waals surface area contributed by atoms with E-state index >= 15 is 0 Å². The average Bonchev–Trinajstić information content (AvgIpc) is 3.36. The summed E-state index contributed by atoms with van der Waals surface area (Å²) in [4.78, 5) is 30.8. The normalized spacial score (nSPS) is 14.1. The van der Waals surface area contributed by atoms with Gasteiger partial charge in [-0.15, -0.1) is 23.1 Å². The minimum Gasteiger partial charge on any atom is -0.462 e. The van der Waals surface area contributed by atoms with Gasteiger partial charge in [-0.2, -0.15) is 0 Å². The number of carbonyl (C=O) groups is 2. The first-order valence-electron chi connectivity index (χ1n) is 9.43. The monoisotopic (exact) mass is 414 g/mol. The summed E-state index contributed by atoms with van der Waals surface area (Å²) in [7, 11) is 0. The summed E-state index contributed by atoms with van der Waals surface area (Å²) in [6, 6.07) is 8.03. The van der Waals surface area contributed by atoms with Crippen LogP contribution in [0.5, 0.6) is 0 Å². The van der Waals surface area contributed by atoms with Crippen LogP contribution in [0.3, 0.4) is 0 Å². The van der Waals surface area contributed by atoms with E-state index in [1.807, 2.05) is 37.4 Å². The highest BCUT2D eigenvalue weighted by Crippen LogP contribution is 2.40. The van der Waals surface area contributed by atoms with E-state index in [0.29, 0.717) is 17.2 Å². The fraction of sp³-hybridized carbons (Fsp3) is 0.333. The molecule has 2 heterocycles. The second-order valence-electron chi connectivity index (χ2n) is 6.73. The third kappa shape index (κ3) is 3.56. The zero-order valence-electron chi connectivity index (χ0n) is 15.8. The number of hydrogen-bond acceptors (Lipinski definition) is 5. The highest BCUT2D eigenvalue weighted by Gasteiger charge is 2.29. The number of thiophene rings is 1. The van der Waals surface area contributed by atoms with Gasteiger partial charge >= 0.3 is 5.97 Å². The highest BCUT2D eigenvalue weighted by molar-refractivity contribution is 8.00. The maximum Gasteiger partial charge on any atom is 0.341 e. The van der Waals surface area contributed by atoms with Crippen LogP contribution < -0.4 is 5.32 Å². The fourth-order valence-electron chi connectivity index (χ4n) is 3.51. The number of aryl methyl sites for hydroxylation is 1. The van der Waals surface area contributed by atoms with Crippen molar-refractivity contribution in [3.05, 3.63) is 46.5 Å². The Morgan fingerprint density at radius 3 is 2.96 bits per heavy atom. The van der Waals surface area contributed by atoms with Crippen LogP contribution in [0.15, 0.2) is 35.4 Å². The Kier molecular flexibility index (Phi) is 5.46. The van der Waals surface area contributed by atoms with Gasteiger partial charge in [0, 0.05) is 26.9 Å². The Morgan fingerprint density at radius 2 is 2.14 bits per heavy atom. The predicted molar refractivity (Wildman–Crippen MR) is 115 cm³/mol. The van der Waals surface area contributed by atoms with Gasteiger partial charge in [-0.05, 0) is 44.7 Å². The summed E-state index contributed by atoms with van der Waals surface area (Å²) in [6.45, 7) is 4.00. The van der Waals surface area contributed by atoms with Gasteiger partial charge in [-0.1, -0.05) is 18.2 Å². The standard InChI is InChI=1S/C21H22N2O3S2/c1-3-26-21(25)18-14-8-6-10-16(14)28-20(18)23-19(24)12(2)27-17-11-22-15-9-5-4-7-13(15)17/h4-5,7,9,11-12,22H,3,6,8,10H2,1-2H3,(H,23,24)/t12-/m0/s1. The van der Waals surface area contributed by atoms with Gasteiger partial charge in [0.05, 0.1) is 17.4 Å². The van der Waals surface area contributed by atoms with Crippen molar-refractivity contribution in [2.24, 2.45) is 0 Å². The number of carbonyl (C=O) groups excluding carboxylic acids is 2. The van der Waals surface area contributed by atoms with Crippen molar-refractivity contribution in [3.63, 3.8) is 0 Å². The van der Waals surface area contributed by atoms with E-state index in [0.717, 1.165) is 40.6 Å². The number of hydrogen-bond donors (Lipinski definition) is 2. The Balaban J connectivity index is 1.52. The van der Waals surface area contributed by atoms with Crippen LogP contribution >= 0.6 is 23.1 Å². The summed E-state index contributed by atoms with van der Waals surface area (Å²) in [5, 5.41) is 4.42.